The number of anilines is 2. The van der Waals surface area contributed by atoms with Crippen molar-refractivity contribution in [2.24, 2.45) is 7.05 Å². The Morgan fingerprint density at radius 2 is 1.81 bits per heavy atom. The molecule has 2 aromatic heterocycles. The van der Waals surface area contributed by atoms with Crippen LogP contribution < -0.4 is 10.2 Å². The van der Waals surface area contributed by atoms with Gasteiger partial charge in [-0.1, -0.05) is 0 Å². The second-order valence-electron chi connectivity index (χ2n) is 8.89. The van der Waals surface area contributed by atoms with E-state index in [4.69, 9.17) is 4.74 Å². The zero-order valence-corrected chi connectivity index (χ0v) is 19.7. The number of pyridine rings is 1. The molecular weight excluding hydrogens is 408 g/mol. The van der Waals surface area contributed by atoms with E-state index in [2.05, 4.69) is 20.3 Å². The van der Waals surface area contributed by atoms with E-state index >= 15 is 0 Å². The fourth-order valence-electron chi connectivity index (χ4n) is 3.48. The summed E-state index contributed by atoms with van der Waals surface area (Å²) >= 11 is 0. The molecule has 0 radical (unpaired) electrons. The highest BCUT2D eigenvalue weighted by Crippen LogP contribution is 2.19. The summed E-state index contributed by atoms with van der Waals surface area (Å²) < 4.78 is 7.23. The van der Waals surface area contributed by atoms with E-state index in [-0.39, 0.29) is 12.0 Å². The van der Waals surface area contributed by atoms with Crippen LogP contribution in [0, 0.1) is 13.8 Å². The first-order valence-corrected chi connectivity index (χ1v) is 10.7. The van der Waals surface area contributed by atoms with Crippen LogP contribution in [0.3, 0.4) is 0 Å². The summed E-state index contributed by atoms with van der Waals surface area (Å²) in [5.41, 5.74) is 3.27. The van der Waals surface area contributed by atoms with Crippen LogP contribution in [-0.4, -0.2) is 63.4 Å². The van der Waals surface area contributed by atoms with Gasteiger partial charge in [-0.2, -0.15) is 5.10 Å². The standard InChI is InChI=1S/C23H32N6O3/c1-16-19(17(2)27(6)26-16)8-10-21(30)25-20-9-7-18(15-24-20)28-11-13-29(14-12-28)22(31)32-23(3,4)5/h7-10,15H,11-14H2,1-6H3,(H,24,25,30)/b10-8+. The quantitative estimate of drug-likeness (QED) is 0.735. The van der Waals surface area contributed by atoms with Crippen LogP contribution in [0.2, 0.25) is 0 Å². The monoisotopic (exact) mass is 440 g/mol. The molecule has 0 atom stereocenters. The number of piperazine rings is 1. The Morgan fingerprint density at radius 3 is 2.34 bits per heavy atom. The minimum Gasteiger partial charge on any atom is -0.444 e. The van der Waals surface area contributed by atoms with Gasteiger partial charge < -0.3 is 19.9 Å². The van der Waals surface area contributed by atoms with Crippen molar-refractivity contribution in [3.05, 3.63) is 41.4 Å². The molecule has 1 fully saturated rings. The second-order valence-corrected chi connectivity index (χ2v) is 8.89. The molecule has 2 aromatic rings. The molecule has 32 heavy (non-hydrogen) atoms. The van der Waals surface area contributed by atoms with E-state index in [1.165, 1.54) is 6.08 Å². The first-order chi connectivity index (χ1) is 15.0. The number of aromatic nitrogens is 3. The van der Waals surface area contributed by atoms with Crippen LogP contribution in [0.1, 0.15) is 37.7 Å². The Kier molecular flexibility index (Phi) is 6.86. The van der Waals surface area contributed by atoms with Gasteiger partial charge in [-0.05, 0) is 52.8 Å². The maximum atomic E-state index is 12.3. The molecule has 9 heteroatoms. The Labute approximate surface area is 189 Å². The highest BCUT2D eigenvalue weighted by atomic mass is 16.6. The van der Waals surface area contributed by atoms with Gasteiger partial charge in [-0.25, -0.2) is 9.78 Å². The molecule has 0 saturated carbocycles. The number of rotatable bonds is 4. The van der Waals surface area contributed by atoms with Crippen molar-refractivity contribution in [2.45, 2.75) is 40.2 Å². The smallest absolute Gasteiger partial charge is 0.410 e. The molecule has 0 aliphatic carbocycles. The number of carbonyl (C=O) groups excluding carboxylic acids is 2. The lowest BCUT2D eigenvalue weighted by Crippen LogP contribution is -2.50. The minimum atomic E-state index is -0.497. The SMILES string of the molecule is Cc1nn(C)c(C)c1/C=C/C(=O)Nc1ccc(N2CCN(C(=O)OC(C)(C)C)CC2)cn1. The zero-order chi connectivity index (χ0) is 23.5. The van der Waals surface area contributed by atoms with Crippen molar-refractivity contribution in [2.75, 3.05) is 36.4 Å². The third kappa shape index (κ3) is 5.87. The topological polar surface area (TPSA) is 92.6 Å². The summed E-state index contributed by atoms with van der Waals surface area (Å²) in [6, 6.07) is 3.70. The second kappa shape index (κ2) is 9.42. The van der Waals surface area contributed by atoms with Crippen LogP contribution in [-0.2, 0) is 16.6 Å². The van der Waals surface area contributed by atoms with Crippen molar-refractivity contribution in [1.29, 1.82) is 0 Å². The average molecular weight is 441 g/mol. The molecule has 172 valence electrons. The molecule has 1 N–H and O–H groups in total. The van der Waals surface area contributed by atoms with Crippen LogP contribution in [0.4, 0.5) is 16.3 Å². The molecule has 0 unspecified atom stereocenters. The lowest BCUT2D eigenvalue weighted by Gasteiger charge is -2.36. The van der Waals surface area contributed by atoms with Gasteiger partial charge in [0.1, 0.15) is 11.4 Å². The summed E-state index contributed by atoms with van der Waals surface area (Å²) in [4.78, 5) is 32.7. The number of hydrogen-bond donors (Lipinski definition) is 1. The average Bonchev–Trinajstić information content (AvgIpc) is 2.97. The van der Waals surface area contributed by atoms with Gasteiger partial charge in [0.2, 0.25) is 5.91 Å². The van der Waals surface area contributed by atoms with Crippen LogP contribution >= 0.6 is 0 Å². The highest BCUT2D eigenvalue weighted by Gasteiger charge is 2.26. The Morgan fingerprint density at radius 1 is 1.12 bits per heavy atom. The number of hydrogen-bond acceptors (Lipinski definition) is 6. The van der Waals surface area contributed by atoms with E-state index < -0.39 is 5.60 Å². The van der Waals surface area contributed by atoms with Crippen LogP contribution in [0.15, 0.2) is 24.4 Å². The van der Waals surface area contributed by atoms with E-state index in [0.717, 1.165) is 22.6 Å². The van der Waals surface area contributed by atoms with E-state index in [9.17, 15) is 9.59 Å². The number of amides is 2. The molecular formula is C23H32N6O3. The lowest BCUT2D eigenvalue weighted by atomic mass is 10.2. The van der Waals surface area contributed by atoms with Crippen molar-refractivity contribution < 1.29 is 14.3 Å². The van der Waals surface area contributed by atoms with Gasteiger partial charge in [0.25, 0.3) is 0 Å². The number of ether oxygens (including phenoxy) is 1. The molecule has 0 bridgehead atoms. The molecule has 1 aliphatic heterocycles. The Hall–Kier alpha value is -3.36. The molecule has 9 nitrogen and oxygen atoms in total. The summed E-state index contributed by atoms with van der Waals surface area (Å²) in [7, 11) is 1.88. The predicted molar refractivity (Wildman–Crippen MR) is 125 cm³/mol. The molecule has 3 heterocycles. The van der Waals surface area contributed by atoms with Crippen molar-refractivity contribution >= 4 is 29.6 Å². The maximum Gasteiger partial charge on any atom is 0.410 e. The first kappa shape index (κ1) is 23.3. The number of aryl methyl sites for hydroxylation is 2. The van der Waals surface area contributed by atoms with E-state index in [1.807, 2.05) is 47.7 Å². The lowest BCUT2D eigenvalue weighted by molar-refractivity contribution is -0.111. The fourth-order valence-corrected chi connectivity index (χ4v) is 3.48. The van der Waals surface area contributed by atoms with Crippen molar-refractivity contribution in [1.82, 2.24) is 19.7 Å². The van der Waals surface area contributed by atoms with Crippen LogP contribution in [0.25, 0.3) is 6.08 Å². The van der Waals surface area contributed by atoms with E-state index in [1.54, 1.807) is 27.9 Å². The first-order valence-electron chi connectivity index (χ1n) is 10.7. The van der Waals surface area contributed by atoms with E-state index in [0.29, 0.717) is 32.0 Å². The van der Waals surface area contributed by atoms with Crippen LogP contribution in [0.5, 0.6) is 0 Å². The fraction of sp³-hybridized carbons (Fsp3) is 0.478. The van der Waals surface area contributed by atoms with Crippen molar-refractivity contribution in [3.63, 3.8) is 0 Å². The minimum absolute atomic E-state index is 0.251. The van der Waals surface area contributed by atoms with Gasteiger partial charge in [0.15, 0.2) is 0 Å². The maximum absolute atomic E-state index is 12.3. The third-order valence-corrected chi connectivity index (χ3v) is 5.26. The van der Waals surface area contributed by atoms with Gasteiger partial charge in [-0.3, -0.25) is 9.48 Å². The number of carbonyl (C=O) groups is 2. The third-order valence-electron chi connectivity index (χ3n) is 5.26. The molecule has 0 aromatic carbocycles. The highest BCUT2D eigenvalue weighted by molar-refractivity contribution is 6.01. The Bertz CT molecular complexity index is 996. The molecule has 0 spiro atoms. The molecule has 2 amide bonds. The Balaban J connectivity index is 1.53. The van der Waals surface area contributed by atoms with Gasteiger partial charge in [-0.15, -0.1) is 0 Å². The summed E-state index contributed by atoms with van der Waals surface area (Å²) in [5, 5.41) is 7.12. The van der Waals surface area contributed by atoms with Gasteiger partial charge >= 0.3 is 6.09 Å². The number of nitrogens with zero attached hydrogens (tertiary/aromatic N) is 5. The normalized spacial score (nSPS) is 14.7. The molecule has 3 rings (SSSR count). The van der Waals surface area contributed by atoms with Gasteiger partial charge in [0.05, 0.1) is 17.6 Å². The molecule has 1 saturated heterocycles. The summed E-state index contributed by atoms with van der Waals surface area (Å²) in [5.74, 6) is 0.231. The number of nitrogens with one attached hydrogen (secondary N) is 1. The largest absolute Gasteiger partial charge is 0.444 e. The predicted octanol–water partition coefficient (Wildman–Crippen LogP) is 3.14. The van der Waals surface area contributed by atoms with Gasteiger partial charge in [0, 0.05) is 50.6 Å². The summed E-state index contributed by atoms with van der Waals surface area (Å²) in [6.45, 7) is 12.0. The summed E-state index contributed by atoms with van der Waals surface area (Å²) in [6.07, 6.45) is 4.71. The zero-order valence-electron chi connectivity index (χ0n) is 19.7. The van der Waals surface area contributed by atoms with Crippen molar-refractivity contribution in [3.8, 4) is 0 Å². The molecule has 1 aliphatic rings.